The third kappa shape index (κ3) is 32.5. The van der Waals surface area contributed by atoms with Crippen LogP contribution in [-0.2, 0) is 20.0 Å². The normalized spacial score (nSPS) is 8.15. The van der Waals surface area contributed by atoms with E-state index in [9.17, 15) is 0 Å². The molecular formula is C5H6BrClCrLiNO3. The van der Waals surface area contributed by atoms with Crippen molar-refractivity contribution in [1.29, 1.82) is 0 Å². The van der Waals surface area contributed by atoms with Gasteiger partial charge in [0.2, 0.25) is 0 Å². The van der Waals surface area contributed by atoms with Crippen molar-refractivity contribution in [2.24, 2.45) is 0 Å². The van der Waals surface area contributed by atoms with Gasteiger partial charge in [0.05, 0.1) is 0 Å². The van der Waals surface area contributed by atoms with Crippen molar-refractivity contribution in [2.45, 2.75) is 0 Å². The summed E-state index contributed by atoms with van der Waals surface area (Å²) in [5, 5.41) is 0. The van der Waals surface area contributed by atoms with Crippen molar-refractivity contribution in [2.75, 3.05) is 0 Å². The predicted molar refractivity (Wildman–Crippen MR) is 30.2 cm³/mol. The van der Waals surface area contributed by atoms with E-state index in [1.807, 2.05) is 30.6 Å². The van der Waals surface area contributed by atoms with E-state index in [1.54, 1.807) is 0 Å². The maximum Gasteiger partial charge on any atom is 0.166 e. The number of halogens is 2. The van der Waals surface area contributed by atoms with E-state index in [0.717, 1.165) is 0 Å². The fourth-order valence-corrected chi connectivity index (χ4v) is 0.342. The summed E-state index contributed by atoms with van der Waals surface area (Å²) >= 11 is -5.03. The third-order valence-electron chi connectivity index (χ3n) is 0.607. The summed E-state index contributed by atoms with van der Waals surface area (Å²) < 4.78 is 26.7. The van der Waals surface area contributed by atoms with Crippen LogP contribution in [0.1, 0.15) is 0 Å². The first kappa shape index (κ1) is 19.2. The number of pyridine rings is 1. The second-order valence-electron chi connectivity index (χ2n) is 1.47. The molecule has 0 aliphatic rings. The molecule has 0 fully saturated rings. The van der Waals surface area contributed by atoms with Crippen LogP contribution < -0.4 is 45.0 Å². The number of rotatable bonds is 0. The summed E-state index contributed by atoms with van der Waals surface area (Å²) in [4.78, 5) is 2.89. The van der Waals surface area contributed by atoms with Crippen molar-refractivity contribution in [3.05, 3.63) is 30.6 Å². The molecule has 0 aliphatic heterocycles. The largest absolute Gasteiger partial charge is 0.218 e. The first-order valence-corrected chi connectivity index (χ1v) is 5.88. The van der Waals surface area contributed by atoms with Gasteiger partial charge in [-0.2, -0.15) is 0 Å². The third-order valence-corrected chi connectivity index (χ3v) is 0.607. The minimum atomic E-state index is -5.03. The van der Waals surface area contributed by atoms with Crippen LogP contribution in [0.15, 0.2) is 30.6 Å². The van der Waals surface area contributed by atoms with Gasteiger partial charge in [0.1, 0.15) is 0 Å². The van der Waals surface area contributed by atoms with Crippen molar-refractivity contribution < 1.29 is 64.9 Å². The quantitative estimate of drug-likeness (QED) is 0.448. The summed E-state index contributed by atoms with van der Waals surface area (Å²) in [5.74, 6) is 0. The van der Waals surface area contributed by atoms with Gasteiger partial charge in [0.25, 0.3) is 0 Å². The topological polar surface area (TPSA) is 71.3 Å². The molecule has 13 heavy (non-hydrogen) atoms. The first-order chi connectivity index (χ1) is 5.00. The molecule has 1 aromatic rings. The SMILES string of the molecule is [Br-].[Li+].[O]=[Cr](=[O])([O-])[Cl].c1cc[nH+]cc1. The molecule has 1 aromatic heterocycles. The summed E-state index contributed by atoms with van der Waals surface area (Å²) in [5.41, 5.74) is 0. The number of hydrogen-bond acceptors (Lipinski definition) is 3. The molecule has 0 unspecified atom stereocenters. The van der Waals surface area contributed by atoms with Crippen molar-refractivity contribution in [3.8, 4) is 0 Å². The Bertz CT molecular complexity index is 248. The van der Waals surface area contributed by atoms with E-state index < -0.39 is 12.4 Å². The molecule has 0 saturated heterocycles. The molecule has 8 heteroatoms. The predicted octanol–water partition coefficient (Wildman–Crippen LogP) is -6.23. The van der Waals surface area contributed by atoms with E-state index >= 15 is 0 Å². The minimum absolute atomic E-state index is 0. The van der Waals surface area contributed by atoms with E-state index in [2.05, 4.69) is 15.0 Å². The summed E-state index contributed by atoms with van der Waals surface area (Å²) in [7, 11) is 4.02. The Morgan fingerprint density at radius 2 is 1.46 bits per heavy atom. The van der Waals surface area contributed by atoms with Crippen molar-refractivity contribution in [1.82, 2.24) is 0 Å². The summed E-state index contributed by atoms with van der Waals surface area (Å²) in [6.07, 6.45) is 3.75. The van der Waals surface area contributed by atoms with Crippen molar-refractivity contribution >= 4 is 10.0 Å². The van der Waals surface area contributed by atoms with Gasteiger partial charge in [-0.25, -0.2) is 4.98 Å². The zero-order chi connectivity index (χ0) is 8.74. The van der Waals surface area contributed by atoms with Gasteiger partial charge < -0.3 is 17.0 Å². The smallest absolute Gasteiger partial charge is 0.166 e. The Kier molecular flexibility index (Phi) is 15.8. The number of aromatic nitrogens is 1. The van der Waals surface area contributed by atoms with Gasteiger partial charge in [-0.1, -0.05) is 6.07 Å². The molecule has 0 radical (unpaired) electrons. The molecule has 1 rings (SSSR count). The number of nitrogens with one attached hydrogen (secondary N) is 1. The zero-order valence-corrected chi connectivity index (χ0v) is 10.4. The standard InChI is InChI=1S/C5H5N.BrH.ClH.Cr.Li.3O/c1-2-4-6-5-3-1;;;;;;;/h1-5H;2*1H;;;;;/q;;;2*+1;;;-1/p-1. The van der Waals surface area contributed by atoms with E-state index in [0.29, 0.717) is 0 Å². The molecule has 1 N–H and O–H groups in total. The van der Waals surface area contributed by atoms with Crippen LogP contribution in [0.2, 0.25) is 0 Å². The second kappa shape index (κ2) is 10.7. The maximum atomic E-state index is 8.91. The molecule has 70 valence electrons. The van der Waals surface area contributed by atoms with Crippen LogP contribution in [0.3, 0.4) is 0 Å². The summed E-state index contributed by atoms with van der Waals surface area (Å²) in [6, 6.07) is 5.86. The Balaban J connectivity index is -0.000000136. The number of H-pyrrole nitrogens is 1. The van der Waals surface area contributed by atoms with Crippen molar-refractivity contribution in [3.63, 3.8) is 0 Å². The molecule has 0 bridgehead atoms. The number of hydrogen-bond donors (Lipinski definition) is 0. The van der Waals surface area contributed by atoms with Crippen LogP contribution in [-0.4, -0.2) is 0 Å². The second-order valence-corrected chi connectivity index (χ2v) is 4.26. The molecule has 0 spiro atoms. The van der Waals surface area contributed by atoms with Gasteiger partial charge >= 0.3 is 53.0 Å². The first-order valence-electron chi connectivity index (χ1n) is 2.56. The van der Waals surface area contributed by atoms with Crippen LogP contribution >= 0.6 is 10.0 Å². The van der Waals surface area contributed by atoms with Gasteiger partial charge in [-0.15, -0.1) is 0 Å². The van der Waals surface area contributed by atoms with Crippen LogP contribution in [0.5, 0.6) is 0 Å². The summed E-state index contributed by atoms with van der Waals surface area (Å²) in [6.45, 7) is 0. The zero-order valence-electron chi connectivity index (χ0n) is 6.78. The molecule has 1 heterocycles. The van der Waals surface area contributed by atoms with E-state index in [-0.39, 0.29) is 35.8 Å². The fraction of sp³-hybridized carbons (Fsp3) is 0. The van der Waals surface area contributed by atoms with Crippen LogP contribution in [0.25, 0.3) is 0 Å². The van der Waals surface area contributed by atoms with Gasteiger partial charge in [0, 0.05) is 12.1 Å². The maximum absolute atomic E-state index is 8.91. The Hall–Kier alpha value is 0.610. The van der Waals surface area contributed by atoms with E-state index in [4.69, 9.17) is 11.8 Å². The van der Waals surface area contributed by atoms with Gasteiger partial charge in [-0.05, 0) is 0 Å². The monoisotopic (exact) mass is 301 g/mol. The molecular weight excluding hydrogens is 296 g/mol. The fourth-order valence-electron chi connectivity index (χ4n) is 0.342. The van der Waals surface area contributed by atoms with Gasteiger partial charge in [-0.3, -0.25) is 0 Å². The van der Waals surface area contributed by atoms with Gasteiger partial charge in [0.15, 0.2) is 12.4 Å². The molecule has 4 nitrogen and oxygen atoms in total. The molecule has 0 atom stereocenters. The van der Waals surface area contributed by atoms with Crippen LogP contribution in [0, 0.1) is 0 Å². The number of aromatic amines is 1. The Morgan fingerprint density at radius 3 is 1.54 bits per heavy atom. The van der Waals surface area contributed by atoms with E-state index in [1.165, 1.54) is 0 Å². The Labute approximate surface area is 105 Å². The van der Waals surface area contributed by atoms with Crippen LogP contribution in [0.4, 0.5) is 0 Å². The average Bonchev–Trinajstić information content (AvgIpc) is 1.88. The molecule has 0 amide bonds. The average molecular weight is 302 g/mol. The minimum Gasteiger partial charge on any atom is -0.218 e. The molecule has 0 aromatic carbocycles. The Morgan fingerprint density at radius 1 is 1.15 bits per heavy atom. The molecule has 0 aliphatic carbocycles. The molecule has 0 saturated carbocycles.